The highest BCUT2D eigenvalue weighted by molar-refractivity contribution is 7.89. The SMILES string of the molecule is COc1ccccc1CNC(=O)c1ccc(N2CCCC2)c(S(=O)(=O)N2CCCC2)c1. The van der Waals surface area contributed by atoms with Gasteiger partial charge in [0, 0.05) is 43.9 Å². The van der Waals surface area contributed by atoms with Gasteiger partial charge >= 0.3 is 0 Å². The predicted octanol–water partition coefficient (Wildman–Crippen LogP) is 3.01. The van der Waals surface area contributed by atoms with Crippen LogP contribution in [0.2, 0.25) is 0 Å². The normalized spacial score (nSPS) is 17.1. The molecule has 2 aromatic rings. The number of ether oxygens (including phenoxy) is 1. The second-order valence-electron chi connectivity index (χ2n) is 7.98. The lowest BCUT2D eigenvalue weighted by Gasteiger charge is -2.24. The van der Waals surface area contributed by atoms with E-state index in [0.717, 1.165) is 44.3 Å². The number of methoxy groups -OCH3 is 1. The quantitative estimate of drug-likeness (QED) is 0.712. The number of anilines is 1. The Morgan fingerprint density at radius 3 is 2.39 bits per heavy atom. The molecule has 0 unspecified atom stereocenters. The molecule has 2 aromatic carbocycles. The Balaban J connectivity index is 1.61. The molecular weight excluding hydrogens is 414 g/mol. The topological polar surface area (TPSA) is 79.0 Å². The monoisotopic (exact) mass is 443 g/mol. The minimum Gasteiger partial charge on any atom is -0.496 e. The summed E-state index contributed by atoms with van der Waals surface area (Å²) in [7, 11) is -2.06. The third-order valence-corrected chi connectivity index (χ3v) is 7.91. The second-order valence-corrected chi connectivity index (χ2v) is 9.89. The average molecular weight is 444 g/mol. The molecule has 1 N–H and O–H groups in total. The first kappa shape index (κ1) is 21.6. The summed E-state index contributed by atoms with van der Waals surface area (Å²) < 4.78 is 33.7. The number of benzene rings is 2. The molecule has 166 valence electrons. The number of sulfonamides is 1. The number of amides is 1. The Morgan fingerprint density at radius 1 is 1.00 bits per heavy atom. The van der Waals surface area contributed by atoms with Crippen LogP contribution in [-0.4, -0.2) is 51.9 Å². The largest absolute Gasteiger partial charge is 0.496 e. The molecule has 7 nitrogen and oxygen atoms in total. The first-order valence-corrected chi connectivity index (χ1v) is 12.2. The molecular formula is C23H29N3O4S. The Bertz CT molecular complexity index is 1040. The van der Waals surface area contributed by atoms with E-state index < -0.39 is 10.0 Å². The zero-order valence-corrected chi connectivity index (χ0v) is 18.7. The number of rotatable bonds is 7. The van der Waals surface area contributed by atoms with E-state index in [1.807, 2.05) is 24.3 Å². The van der Waals surface area contributed by atoms with Gasteiger partial charge in [0.2, 0.25) is 10.0 Å². The van der Waals surface area contributed by atoms with Crippen LogP contribution in [0.4, 0.5) is 5.69 Å². The van der Waals surface area contributed by atoms with Gasteiger partial charge in [0.1, 0.15) is 10.6 Å². The van der Waals surface area contributed by atoms with Gasteiger partial charge in [-0.15, -0.1) is 0 Å². The number of carbonyl (C=O) groups is 1. The van der Waals surface area contributed by atoms with Crippen molar-refractivity contribution in [3.63, 3.8) is 0 Å². The van der Waals surface area contributed by atoms with E-state index in [1.165, 1.54) is 0 Å². The molecule has 2 heterocycles. The summed E-state index contributed by atoms with van der Waals surface area (Å²) in [5.74, 6) is 0.390. The standard InChI is InChI=1S/C23H29N3O4S/c1-30-21-9-3-2-8-19(21)17-24-23(27)18-10-11-20(25-12-4-5-13-25)22(16-18)31(28,29)26-14-6-7-15-26/h2-3,8-11,16H,4-7,12-15,17H2,1H3,(H,24,27). The van der Waals surface area contributed by atoms with Crippen LogP contribution in [0.3, 0.4) is 0 Å². The maximum Gasteiger partial charge on any atom is 0.251 e. The van der Waals surface area contributed by atoms with Crippen LogP contribution in [0.15, 0.2) is 47.4 Å². The van der Waals surface area contributed by atoms with Crippen molar-refractivity contribution in [2.45, 2.75) is 37.1 Å². The lowest BCUT2D eigenvalue weighted by atomic mass is 10.1. The summed E-state index contributed by atoms with van der Waals surface area (Å²) in [5.41, 5.74) is 1.90. The molecule has 0 atom stereocenters. The van der Waals surface area contributed by atoms with Crippen LogP contribution in [0.5, 0.6) is 5.75 Å². The van der Waals surface area contributed by atoms with E-state index in [4.69, 9.17) is 4.74 Å². The lowest BCUT2D eigenvalue weighted by Crippen LogP contribution is -2.31. The fraction of sp³-hybridized carbons (Fsp3) is 0.435. The number of nitrogens with zero attached hydrogens (tertiary/aromatic N) is 2. The summed E-state index contributed by atoms with van der Waals surface area (Å²) in [6, 6.07) is 12.5. The summed E-state index contributed by atoms with van der Waals surface area (Å²) >= 11 is 0. The van der Waals surface area contributed by atoms with E-state index in [2.05, 4.69) is 10.2 Å². The van der Waals surface area contributed by atoms with Gasteiger partial charge in [-0.05, 0) is 49.9 Å². The molecule has 4 rings (SSSR count). The molecule has 2 saturated heterocycles. The van der Waals surface area contributed by atoms with Crippen LogP contribution < -0.4 is 15.0 Å². The zero-order valence-electron chi connectivity index (χ0n) is 17.8. The van der Waals surface area contributed by atoms with Crippen molar-refractivity contribution in [2.24, 2.45) is 0 Å². The van der Waals surface area contributed by atoms with E-state index in [1.54, 1.807) is 29.6 Å². The Hall–Kier alpha value is -2.58. The third-order valence-electron chi connectivity index (χ3n) is 5.98. The van der Waals surface area contributed by atoms with Gasteiger partial charge in [0.25, 0.3) is 5.91 Å². The first-order chi connectivity index (χ1) is 15.0. The zero-order chi connectivity index (χ0) is 21.8. The van der Waals surface area contributed by atoms with Crippen molar-refractivity contribution >= 4 is 21.6 Å². The van der Waals surface area contributed by atoms with Crippen LogP contribution in [0.1, 0.15) is 41.6 Å². The van der Waals surface area contributed by atoms with Gasteiger partial charge in [0.05, 0.1) is 12.8 Å². The molecule has 0 aliphatic carbocycles. The molecule has 0 spiro atoms. The molecule has 8 heteroatoms. The molecule has 0 radical (unpaired) electrons. The average Bonchev–Trinajstić information content (AvgIpc) is 3.52. The molecule has 2 aliphatic rings. The molecule has 2 fully saturated rings. The van der Waals surface area contributed by atoms with Gasteiger partial charge in [-0.25, -0.2) is 8.42 Å². The Labute approximate surface area is 184 Å². The highest BCUT2D eigenvalue weighted by atomic mass is 32.2. The van der Waals surface area contributed by atoms with Crippen molar-refractivity contribution < 1.29 is 17.9 Å². The predicted molar refractivity (Wildman–Crippen MR) is 120 cm³/mol. The van der Waals surface area contributed by atoms with Crippen LogP contribution in [-0.2, 0) is 16.6 Å². The van der Waals surface area contributed by atoms with Crippen LogP contribution in [0.25, 0.3) is 0 Å². The maximum atomic E-state index is 13.4. The molecule has 31 heavy (non-hydrogen) atoms. The molecule has 0 aromatic heterocycles. The third kappa shape index (κ3) is 4.55. The van der Waals surface area contributed by atoms with Gasteiger partial charge in [-0.2, -0.15) is 4.31 Å². The summed E-state index contributed by atoms with van der Waals surface area (Å²) in [6.45, 7) is 3.03. The van der Waals surface area contributed by atoms with Crippen LogP contribution >= 0.6 is 0 Å². The fourth-order valence-corrected chi connectivity index (χ4v) is 6.03. The number of hydrogen-bond donors (Lipinski definition) is 1. The second kappa shape index (κ2) is 9.28. The first-order valence-electron chi connectivity index (χ1n) is 10.8. The lowest BCUT2D eigenvalue weighted by molar-refractivity contribution is 0.0950. The molecule has 0 saturated carbocycles. The minimum absolute atomic E-state index is 0.237. The number of nitrogens with one attached hydrogen (secondary N) is 1. The smallest absolute Gasteiger partial charge is 0.251 e. The van der Waals surface area contributed by atoms with Crippen molar-refractivity contribution in [3.8, 4) is 5.75 Å². The van der Waals surface area contributed by atoms with E-state index in [0.29, 0.717) is 36.6 Å². The summed E-state index contributed by atoms with van der Waals surface area (Å²) in [5, 5.41) is 2.89. The van der Waals surface area contributed by atoms with Crippen molar-refractivity contribution in [1.29, 1.82) is 0 Å². The van der Waals surface area contributed by atoms with Crippen molar-refractivity contribution in [2.75, 3.05) is 38.2 Å². The van der Waals surface area contributed by atoms with Gasteiger partial charge in [-0.1, -0.05) is 18.2 Å². The summed E-state index contributed by atoms with van der Waals surface area (Å²) in [4.78, 5) is 15.2. The van der Waals surface area contributed by atoms with Gasteiger partial charge in [-0.3, -0.25) is 4.79 Å². The highest BCUT2D eigenvalue weighted by Gasteiger charge is 2.32. The number of para-hydroxylation sites is 1. The van der Waals surface area contributed by atoms with E-state index in [-0.39, 0.29) is 10.8 Å². The Morgan fingerprint density at radius 2 is 1.68 bits per heavy atom. The van der Waals surface area contributed by atoms with Crippen molar-refractivity contribution in [3.05, 3.63) is 53.6 Å². The molecule has 0 bridgehead atoms. The molecule has 2 aliphatic heterocycles. The molecule has 1 amide bonds. The minimum atomic E-state index is -3.65. The highest BCUT2D eigenvalue weighted by Crippen LogP contribution is 2.33. The fourth-order valence-electron chi connectivity index (χ4n) is 4.28. The van der Waals surface area contributed by atoms with Crippen molar-refractivity contribution in [1.82, 2.24) is 9.62 Å². The van der Waals surface area contributed by atoms with Gasteiger partial charge < -0.3 is 15.0 Å². The van der Waals surface area contributed by atoms with E-state index >= 15 is 0 Å². The summed E-state index contributed by atoms with van der Waals surface area (Å²) in [6.07, 6.45) is 3.84. The Kier molecular flexibility index (Phi) is 6.48. The van der Waals surface area contributed by atoms with Gasteiger partial charge in [0.15, 0.2) is 0 Å². The number of carbonyl (C=O) groups excluding carboxylic acids is 1. The van der Waals surface area contributed by atoms with Crippen LogP contribution in [0, 0.1) is 0 Å². The van der Waals surface area contributed by atoms with E-state index in [9.17, 15) is 13.2 Å². The maximum absolute atomic E-state index is 13.4. The number of hydrogen-bond acceptors (Lipinski definition) is 5.